The quantitative estimate of drug-likeness (QED) is 0.542. The van der Waals surface area contributed by atoms with Gasteiger partial charge >= 0.3 is 0 Å². The van der Waals surface area contributed by atoms with E-state index in [2.05, 4.69) is 13.8 Å². The first kappa shape index (κ1) is 22.9. The molecule has 2 fully saturated rings. The zero-order valence-electron chi connectivity index (χ0n) is 18.7. The van der Waals surface area contributed by atoms with E-state index in [1.165, 1.54) is 6.42 Å². The molecule has 0 bridgehead atoms. The van der Waals surface area contributed by atoms with Crippen LogP contribution in [0.1, 0.15) is 112 Å². The molecule has 3 atom stereocenters. The lowest BCUT2D eigenvalue weighted by Gasteiger charge is -2.49. The fourth-order valence-electron chi connectivity index (χ4n) is 6.40. The van der Waals surface area contributed by atoms with E-state index < -0.39 is 11.2 Å². The highest BCUT2D eigenvalue weighted by Gasteiger charge is 2.56. The van der Waals surface area contributed by atoms with Crippen LogP contribution < -0.4 is 0 Å². The van der Waals surface area contributed by atoms with Gasteiger partial charge in [0.1, 0.15) is 5.78 Å². The van der Waals surface area contributed by atoms with E-state index in [1.807, 2.05) is 27.7 Å². The highest BCUT2D eigenvalue weighted by molar-refractivity contribution is 5.83. The SMILES string of the molecule is CC(C)(O)CCCC(C)(CCCC(C)(C)O)[C@H]1CC[C@H]2C(=O)CCC[C@]12C. The predicted octanol–water partition coefficient (Wildman–Crippen LogP) is 5.66. The van der Waals surface area contributed by atoms with Crippen LogP contribution >= 0.6 is 0 Å². The van der Waals surface area contributed by atoms with Crippen LogP contribution in [0.2, 0.25) is 0 Å². The van der Waals surface area contributed by atoms with Gasteiger partial charge in [-0.25, -0.2) is 0 Å². The molecule has 27 heavy (non-hydrogen) atoms. The standard InChI is InChI=1S/C24H44O3/c1-21(2,26)13-8-15-23(5,16-9-14-22(3,4)27)20-12-11-18-19(25)10-7-17-24(18,20)6/h18,20,26-27H,7-17H2,1-6H3/t18-,20+,24-/m0/s1. The zero-order valence-corrected chi connectivity index (χ0v) is 18.7. The second-order valence-electron chi connectivity index (χ2n) is 11.5. The van der Waals surface area contributed by atoms with Gasteiger partial charge in [0, 0.05) is 12.3 Å². The number of hydrogen-bond acceptors (Lipinski definition) is 3. The van der Waals surface area contributed by atoms with Crippen LogP contribution in [0.4, 0.5) is 0 Å². The van der Waals surface area contributed by atoms with Crippen LogP contribution in [0.15, 0.2) is 0 Å². The number of carbonyl (C=O) groups is 1. The molecule has 0 spiro atoms. The van der Waals surface area contributed by atoms with E-state index in [0.29, 0.717) is 11.7 Å². The van der Waals surface area contributed by atoms with Gasteiger partial charge in [-0.05, 0) is 95.8 Å². The first-order valence-electron chi connectivity index (χ1n) is 11.2. The fraction of sp³-hybridized carbons (Fsp3) is 0.958. The highest BCUT2D eigenvalue weighted by atomic mass is 16.3. The van der Waals surface area contributed by atoms with E-state index in [-0.39, 0.29) is 16.7 Å². The van der Waals surface area contributed by atoms with Gasteiger partial charge in [-0.2, -0.15) is 0 Å². The van der Waals surface area contributed by atoms with Crippen LogP contribution in [-0.2, 0) is 4.79 Å². The fourth-order valence-corrected chi connectivity index (χ4v) is 6.40. The van der Waals surface area contributed by atoms with Gasteiger partial charge in [0.2, 0.25) is 0 Å². The number of aliphatic hydroxyl groups is 2. The van der Waals surface area contributed by atoms with Crippen LogP contribution in [0.5, 0.6) is 0 Å². The Morgan fingerprint density at radius 2 is 1.44 bits per heavy atom. The lowest BCUT2D eigenvalue weighted by atomic mass is 9.56. The normalized spacial score (nSPS) is 29.9. The van der Waals surface area contributed by atoms with Gasteiger partial charge < -0.3 is 10.2 Å². The van der Waals surface area contributed by atoms with Gasteiger partial charge in [0.25, 0.3) is 0 Å². The number of hydrogen-bond donors (Lipinski definition) is 2. The average molecular weight is 381 g/mol. The Labute approximate surface area is 167 Å². The van der Waals surface area contributed by atoms with Crippen LogP contribution in [0, 0.1) is 22.7 Å². The summed E-state index contributed by atoms with van der Waals surface area (Å²) in [7, 11) is 0. The summed E-state index contributed by atoms with van der Waals surface area (Å²) in [6.07, 6.45) is 11.1. The maximum atomic E-state index is 12.6. The smallest absolute Gasteiger partial charge is 0.136 e. The summed E-state index contributed by atoms with van der Waals surface area (Å²) in [5.41, 5.74) is -0.904. The molecular weight excluding hydrogens is 336 g/mol. The minimum Gasteiger partial charge on any atom is -0.390 e. The van der Waals surface area contributed by atoms with Crippen molar-refractivity contribution in [1.29, 1.82) is 0 Å². The van der Waals surface area contributed by atoms with Gasteiger partial charge in [-0.15, -0.1) is 0 Å². The summed E-state index contributed by atoms with van der Waals surface area (Å²) >= 11 is 0. The van der Waals surface area contributed by atoms with Crippen molar-refractivity contribution >= 4 is 5.78 Å². The zero-order chi connectivity index (χ0) is 20.5. The summed E-state index contributed by atoms with van der Waals surface area (Å²) in [5, 5.41) is 20.3. The molecule has 0 radical (unpaired) electrons. The predicted molar refractivity (Wildman–Crippen MR) is 112 cm³/mol. The first-order chi connectivity index (χ1) is 12.3. The summed E-state index contributed by atoms with van der Waals surface area (Å²) in [6.45, 7) is 12.4. The van der Waals surface area contributed by atoms with Gasteiger partial charge in [-0.1, -0.05) is 26.7 Å². The molecule has 2 saturated carbocycles. The maximum absolute atomic E-state index is 12.6. The molecule has 0 heterocycles. The van der Waals surface area contributed by atoms with E-state index >= 15 is 0 Å². The second kappa shape index (κ2) is 8.14. The minimum absolute atomic E-state index is 0.146. The van der Waals surface area contributed by atoms with Crippen molar-refractivity contribution in [3.8, 4) is 0 Å². The summed E-state index contributed by atoms with van der Waals surface area (Å²) < 4.78 is 0. The number of fused-ring (bicyclic) bond motifs is 1. The molecule has 0 saturated heterocycles. The van der Waals surface area contributed by atoms with Crippen molar-refractivity contribution in [2.24, 2.45) is 22.7 Å². The van der Waals surface area contributed by atoms with Gasteiger partial charge in [-0.3, -0.25) is 4.79 Å². The molecule has 3 heteroatoms. The van der Waals surface area contributed by atoms with E-state index in [0.717, 1.165) is 64.2 Å². The molecule has 2 rings (SSSR count). The lowest BCUT2D eigenvalue weighted by Crippen LogP contribution is -2.43. The number of Topliss-reactive ketones (excluding diaryl/α,β-unsaturated/α-hetero) is 1. The Balaban J connectivity index is 2.16. The van der Waals surface area contributed by atoms with E-state index in [9.17, 15) is 15.0 Å². The van der Waals surface area contributed by atoms with Gasteiger partial charge in [0.15, 0.2) is 0 Å². The van der Waals surface area contributed by atoms with Crippen molar-refractivity contribution in [1.82, 2.24) is 0 Å². The molecule has 0 amide bonds. The molecule has 2 N–H and O–H groups in total. The molecule has 2 aliphatic rings. The van der Waals surface area contributed by atoms with E-state index in [1.54, 1.807) is 0 Å². The van der Waals surface area contributed by atoms with Crippen LogP contribution in [0.3, 0.4) is 0 Å². The van der Waals surface area contributed by atoms with Crippen LogP contribution in [0.25, 0.3) is 0 Å². The Morgan fingerprint density at radius 3 is 1.93 bits per heavy atom. The van der Waals surface area contributed by atoms with E-state index in [4.69, 9.17) is 0 Å². The summed E-state index contributed by atoms with van der Waals surface area (Å²) in [6, 6.07) is 0. The summed E-state index contributed by atoms with van der Waals surface area (Å²) in [4.78, 5) is 12.6. The Morgan fingerprint density at radius 1 is 0.926 bits per heavy atom. The van der Waals surface area contributed by atoms with Crippen molar-refractivity contribution in [2.75, 3.05) is 0 Å². The third kappa shape index (κ3) is 5.79. The van der Waals surface area contributed by atoms with Crippen molar-refractivity contribution in [3.63, 3.8) is 0 Å². The maximum Gasteiger partial charge on any atom is 0.136 e. The average Bonchev–Trinajstić information content (AvgIpc) is 2.83. The third-order valence-corrected chi connectivity index (χ3v) is 7.78. The first-order valence-corrected chi connectivity index (χ1v) is 11.2. The molecule has 0 unspecified atom stereocenters. The molecule has 3 nitrogen and oxygen atoms in total. The number of rotatable bonds is 9. The van der Waals surface area contributed by atoms with Crippen molar-refractivity contribution in [3.05, 3.63) is 0 Å². The topological polar surface area (TPSA) is 57.5 Å². The Bertz CT molecular complexity index is 491. The van der Waals surface area contributed by atoms with Gasteiger partial charge in [0.05, 0.1) is 11.2 Å². The molecule has 0 aromatic carbocycles. The number of ketones is 1. The lowest BCUT2D eigenvalue weighted by molar-refractivity contribution is -0.131. The molecule has 2 aliphatic carbocycles. The monoisotopic (exact) mass is 380 g/mol. The molecule has 0 aliphatic heterocycles. The van der Waals surface area contributed by atoms with Crippen molar-refractivity contribution < 1.29 is 15.0 Å². The third-order valence-electron chi connectivity index (χ3n) is 7.78. The minimum atomic E-state index is -0.614. The largest absolute Gasteiger partial charge is 0.390 e. The van der Waals surface area contributed by atoms with Crippen LogP contribution in [-0.4, -0.2) is 27.2 Å². The highest BCUT2D eigenvalue weighted by Crippen LogP contribution is 2.61. The molecule has 158 valence electrons. The van der Waals surface area contributed by atoms with Crippen molar-refractivity contribution in [2.45, 2.75) is 123 Å². The molecule has 0 aromatic heterocycles. The number of carbonyl (C=O) groups excluding carboxylic acids is 1. The Kier molecular flexibility index (Phi) is 6.90. The second-order valence-corrected chi connectivity index (χ2v) is 11.5. The summed E-state index contributed by atoms with van der Waals surface area (Å²) in [5.74, 6) is 1.34. The Hall–Kier alpha value is -0.410. The molecule has 0 aromatic rings. The molecular formula is C24H44O3.